The Morgan fingerprint density at radius 3 is 2.46 bits per heavy atom. The van der Waals surface area contributed by atoms with Crippen molar-refractivity contribution < 1.29 is 4.79 Å². The summed E-state index contributed by atoms with van der Waals surface area (Å²) >= 11 is 0. The van der Waals surface area contributed by atoms with Crippen molar-refractivity contribution in [2.45, 2.75) is 32.6 Å². The lowest BCUT2D eigenvalue weighted by Crippen LogP contribution is -2.32. The predicted octanol–water partition coefficient (Wildman–Crippen LogP) is 3.82. The van der Waals surface area contributed by atoms with Gasteiger partial charge in [-0.2, -0.15) is 0 Å². The van der Waals surface area contributed by atoms with E-state index >= 15 is 0 Å². The summed E-state index contributed by atoms with van der Waals surface area (Å²) in [6.45, 7) is 6.26. The molecular formula is C23H32N4O. The van der Waals surface area contributed by atoms with E-state index < -0.39 is 0 Å². The topological polar surface area (TPSA) is 48.5 Å². The number of amides is 1. The molecule has 1 amide bonds. The van der Waals surface area contributed by atoms with Gasteiger partial charge in [-0.15, -0.1) is 0 Å². The molecule has 1 aromatic heterocycles. The average molecular weight is 381 g/mol. The van der Waals surface area contributed by atoms with Crippen LogP contribution in [0.4, 0.5) is 11.4 Å². The second-order valence-electron chi connectivity index (χ2n) is 7.92. The number of likely N-dealkylation sites (N-methyl/N-ethyl adjacent to an activating group) is 1. The molecule has 0 bridgehead atoms. The van der Waals surface area contributed by atoms with Crippen LogP contribution in [0.5, 0.6) is 0 Å². The summed E-state index contributed by atoms with van der Waals surface area (Å²) in [6, 6.07) is 12.3. The maximum absolute atomic E-state index is 12.3. The molecule has 150 valence electrons. The number of hydrogen-bond donors (Lipinski definition) is 1. The molecule has 5 nitrogen and oxygen atoms in total. The van der Waals surface area contributed by atoms with E-state index in [2.05, 4.69) is 46.2 Å². The van der Waals surface area contributed by atoms with E-state index in [1.165, 1.54) is 24.1 Å². The van der Waals surface area contributed by atoms with Crippen molar-refractivity contribution >= 4 is 17.3 Å². The first-order chi connectivity index (χ1) is 13.6. The molecule has 0 atom stereocenters. The molecule has 28 heavy (non-hydrogen) atoms. The molecule has 2 heterocycles. The second-order valence-corrected chi connectivity index (χ2v) is 7.92. The highest BCUT2D eigenvalue weighted by Gasteiger charge is 2.16. The minimum atomic E-state index is 0.0651. The van der Waals surface area contributed by atoms with Crippen molar-refractivity contribution in [2.75, 3.05) is 43.4 Å². The summed E-state index contributed by atoms with van der Waals surface area (Å²) in [5, 5.41) is 3.02. The summed E-state index contributed by atoms with van der Waals surface area (Å²) < 4.78 is 0. The van der Waals surface area contributed by atoms with Crippen molar-refractivity contribution in [3.8, 4) is 0 Å². The van der Waals surface area contributed by atoms with E-state index in [0.29, 0.717) is 6.42 Å². The number of aromatic nitrogens is 1. The molecule has 1 N–H and O–H groups in total. The highest BCUT2D eigenvalue weighted by molar-refractivity contribution is 5.91. The monoisotopic (exact) mass is 380 g/mol. The highest BCUT2D eigenvalue weighted by atomic mass is 16.1. The van der Waals surface area contributed by atoms with Crippen LogP contribution in [0.15, 0.2) is 48.8 Å². The Morgan fingerprint density at radius 1 is 1.11 bits per heavy atom. The largest absolute Gasteiger partial charge is 0.372 e. The van der Waals surface area contributed by atoms with Crippen LogP contribution in [0, 0.1) is 5.92 Å². The molecule has 0 aliphatic carbocycles. The number of hydrogen-bond acceptors (Lipinski definition) is 4. The molecule has 2 aromatic rings. The van der Waals surface area contributed by atoms with E-state index in [9.17, 15) is 4.79 Å². The average Bonchev–Trinajstić information content (AvgIpc) is 2.73. The van der Waals surface area contributed by atoms with Gasteiger partial charge in [-0.3, -0.25) is 9.78 Å². The number of piperidine rings is 1. The maximum Gasteiger partial charge on any atom is 0.225 e. The van der Waals surface area contributed by atoms with Crippen molar-refractivity contribution in [3.63, 3.8) is 0 Å². The van der Waals surface area contributed by atoms with Crippen LogP contribution in [0.1, 0.15) is 31.7 Å². The highest BCUT2D eigenvalue weighted by Crippen LogP contribution is 2.24. The number of rotatable bonds is 8. The summed E-state index contributed by atoms with van der Waals surface area (Å²) in [7, 11) is 2.06. The molecule has 0 saturated carbocycles. The number of nitrogens with one attached hydrogen (secondary N) is 1. The van der Waals surface area contributed by atoms with Gasteiger partial charge in [0.05, 0.1) is 0 Å². The van der Waals surface area contributed by atoms with E-state index in [4.69, 9.17) is 0 Å². The van der Waals surface area contributed by atoms with Crippen LogP contribution in [0.25, 0.3) is 0 Å². The van der Waals surface area contributed by atoms with Gasteiger partial charge >= 0.3 is 0 Å². The molecule has 1 saturated heterocycles. The smallest absolute Gasteiger partial charge is 0.225 e. The Kier molecular flexibility index (Phi) is 7.43. The van der Waals surface area contributed by atoms with Crippen LogP contribution in [0.2, 0.25) is 0 Å². The van der Waals surface area contributed by atoms with Gasteiger partial charge in [0, 0.05) is 56.4 Å². The minimum Gasteiger partial charge on any atom is -0.372 e. The zero-order valence-corrected chi connectivity index (χ0v) is 17.1. The Balaban J connectivity index is 1.38. The predicted molar refractivity (Wildman–Crippen MR) is 116 cm³/mol. The molecule has 0 unspecified atom stereocenters. The molecule has 3 rings (SSSR count). The van der Waals surface area contributed by atoms with Gasteiger partial charge < -0.3 is 15.1 Å². The molecule has 1 aromatic carbocycles. The Labute approximate surface area is 168 Å². The van der Waals surface area contributed by atoms with Crippen molar-refractivity contribution in [2.24, 2.45) is 5.92 Å². The third-order valence-corrected chi connectivity index (χ3v) is 5.55. The lowest BCUT2D eigenvalue weighted by molar-refractivity contribution is -0.116. The van der Waals surface area contributed by atoms with E-state index in [-0.39, 0.29) is 5.91 Å². The first-order valence-electron chi connectivity index (χ1n) is 10.3. The first kappa shape index (κ1) is 20.3. The van der Waals surface area contributed by atoms with Crippen LogP contribution in [0.3, 0.4) is 0 Å². The molecule has 0 spiro atoms. The van der Waals surface area contributed by atoms with E-state index in [0.717, 1.165) is 44.2 Å². The zero-order valence-electron chi connectivity index (χ0n) is 17.1. The molecular weight excluding hydrogens is 348 g/mol. The summed E-state index contributed by atoms with van der Waals surface area (Å²) in [5.74, 6) is 0.896. The number of anilines is 2. The van der Waals surface area contributed by atoms with Crippen LogP contribution in [-0.4, -0.2) is 49.0 Å². The summed E-state index contributed by atoms with van der Waals surface area (Å²) in [6.07, 6.45) is 7.62. The first-order valence-corrected chi connectivity index (χ1v) is 10.3. The SMILES string of the molecule is CC1CCN(c2ccc(NC(=O)CCN(C)CCc3ccncc3)cc2)CC1. The number of pyridine rings is 1. The van der Waals surface area contributed by atoms with Gasteiger partial charge in [0.25, 0.3) is 0 Å². The summed E-state index contributed by atoms with van der Waals surface area (Å²) in [5.41, 5.74) is 3.40. The van der Waals surface area contributed by atoms with Gasteiger partial charge in [-0.1, -0.05) is 6.92 Å². The minimum absolute atomic E-state index is 0.0651. The lowest BCUT2D eigenvalue weighted by Gasteiger charge is -2.32. The number of carbonyl (C=O) groups excluding carboxylic acids is 1. The quantitative estimate of drug-likeness (QED) is 0.756. The van der Waals surface area contributed by atoms with Crippen molar-refractivity contribution in [3.05, 3.63) is 54.4 Å². The number of benzene rings is 1. The van der Waals surface area contributed by atoms with Crippen molar-refractivity contribution in [1.82, 2.24) is 9.88 Å². The number of carbonyl (C=O) groups is 1. The second kappa shape index (κ2) is 10.2. The van der Waals surface area contributed by atoms with Crippen LogP contribution in [-0.2, 0) is 11.2 Å². The van der Waals surface area contributed by atoms with E-state index in [1.807, 2.05) is 36.7 Å². The van der Waals surface area contributed by atoms with Crippen LogP contribution < -0.4 is 10.2 Å². The third kappa shape index (κ3) is 6.34. The molecule has 1 aliphatic heterocycles. The third-order valence-electron chi connectivity index (χ3n) is 5.55. The van der Waals surface area contributed by atoms with Crippen molar-refractivity contribution in [1.29, 1.82) is 0 Å². The summed E-state index contributed by atoms with van der Waals surface area (Å²) in [4.78, 5) is 20.9. The molecule has 0 radical (unpaired) electrons. The fourth-order valence-electron chi connectivity index (χ4n) is 3.52. The standard InChI is InChI=1S/C23H32N4O/c1-19-9-17-27(18-10-19)22-5-3-21(4-6-22)25-23(28)12-16-26(2)15-11-20-7-13-24-14-8-20/h3-8,13-14,19H,9-12,15-18H2,1-2H3,(H,25,28). The van der Waals surface area contributed by atoms with E-state index in [1.54, 1.807) is 0 Å². The normalized spacial score (nSPS) is 15.0. The number of nitrogens with zero attached hydrogens (tertiary/aromatic N) is 3. The zero-order chi connectivity index (χ0) is 19.8. The molecule has 5 heteroatoms. The molecule has 1 fully saturated rings. The van der Waals surface area contributed by atoms with Crippen LogP contribution >= 0.6 is 0 Å². The lowest BCUT2D eigenvalue weighted by atomic mass is 9.99. The van der Waals surface area contributed by atoms with Gasteiger partial charge in [0.2, 0.25) is 5.91 Å². The Bertz CT molecular complexity index is 724. The molecule has 1 aliphatic rings. The van der Waals surface area contributed by atoms with Gasteiger partial charge in [0.15, 0.2) is 0 Å². The Hall–Kier alpha value is -2.40. The Morgan fingerprint density at radius 2 is 1.79 bits per heavy atom. The van der Waals surface area contributed by atoms with Gasteiger partial charge in [-0.05, 0) is 74.2 Å². The fourth-order valence-corrected chi connectivity index (χ4v) is 3.52. The van der Waals surface area contributed by atoms with Gasteiger partial charge in [0.1, 0.15) is 0 Å². The van der Waals surface area contributed by atoms with Gasteiger partial charge in [-0.25, -0.2) is 0 Å². The maximum atomic E-state index is 12.3. The fraction of sp³-hybridized carbons (Fsp3) is 0.478.